The van der Waals surface area contributed by atoms with Gasteiger partial charge in [-0.2, -0.15) is 10.4 Å². The van der Waals surface area contributed by atoms with Gasteiger partial charge in [0, 0.05) is 20.8 Å². The monoisotopic (exact) mass is 377 g/mol. The highest BCUT2D eigenvalue weighted by molar-refractivity contribution is 7.19. The van der Waals surface area contributed by atoms with E-state index in [1.807, 2.05) is 23.7 Å². The van der Waals surface area contributed by atoms with Crippen molar-refractivity contribution < 1.29 is 0 Å². The number of aryl methyl sites for hydroxylation is 1. The number of aromatic nitrogens is 2. The fourth-order valence-electron chi connectivity index (χ4n) is 3.29. The van der Waals surface area contributed by atoms with Crippen LogP contribution in [0, 0.1) is 25.2 Å². The molecule has 0 fully saturated rings. The maximum absolute atomic E-state index is 9.07. The molecular weight excluding hydrogens is 362 g/mol. The fourth-order valence-corrected chi connectivity index (χ4v) is 4.56. The van der Waals surface area contributed by atoms with E-state index >= 15 is 0 Å². The van der Waals surface area contributed by atoms with E-state index in [2.05, 4.69) is 43.3 Å². The average molecular weight is 378 g/mol. The molecule has 0 aliphatic heterocycles. The molecule has 2 heterocycles. The van der Waals surface area contributed by atoms with Crippen LogP contribution in [0.5, 0.6) is 0 Å². The zero-order valence-electron chi connectivity index (χ0n) is 14.5. The number of hydrogen-bond donors (Lipinski definition) is 0. The van der Waals surface area contributed by atoms with Crippen molar-refractivity contribution in [3.05, 3.63) is 75.4 Å². The number of hydrogen-bond acceptors (Lipinski definition) is 3. The summed E-state index contributed by atoms with van der Waals surface area (Å²) in [5, 5.41) is 15.6. The Labute approximate surface area is 161 Å². The summed E-state index contributed by atoms with van der Waals surface area (Å²) >= 11 is 8.02. The summed E-state index contributed by atoms with van der Waals surface area (Å²) in [5.74, 6) is 0. The fraction of sp³-hybridized carbons (Fsp3) is 0.143. The van der Waals surface area contributed by atoms with Crippen molar-refractivity contribution in [2.75, 3.05) is 0 Å². The molecule has 26 heavy (non-hydrogen) atoms. The van der Waals surface area contributed by atoms with Gasteiger partial charge in [0.05, 0.1) is 22.8 Å². The van der Waals surface area contributed by atoms with Gasteiger partial charge in [-0.3, -0.25) is 4.68 Å². The smallest absolute Gasteiger partial charge is 0.101 e. The first-order valence-corrected chi connectivity index (χ1v) is 9.48. The molecule has 0 saturated carbocycles. The summed E-state index contributed by atoms with van der Waals surface area (Å²) in [6.07, 6.45) is 0. The molecule has 0 aliphatic carbocycles. The summed E-state index contributed by atoms with van der Waals surface area (Å²) < 4.78 is 3.34. The van der Waals surface area contributed by atoms with Crippen molar-refractivity contribution in [1.29, 1.82) is 5.26 Å². The quantitative estimate of drug-likeness (QED) is 0.442. The maximum atomic E-state index is 9.07. The van der Waals surface area contributed by atoms with Gasteiger partial charge in [0.25, 0.3) is 0 Å². The molecular formula is C21H16ClN3S. The highest BCUT2D eigenvalue weighted by Crippen LogP contribution is 2.32. The number of halogens is 1. The van der Waals surface area contributed by atoms with E-state index in [9.17, 15) is 0 Å². The molecule has 0 radical (unpaired) electrons. The van der Waals surface area contributed by atoms with Crippen LogP contribution >= 0.6 is 22.9 Å². The van der Waals surface area contributed by atoms with Gasteiger partial charge in [-0.25, -0.2) is 0 Å². The number of fused-ring (bicyclic) bond motifs is 1. The van der Waals surface area contributed by atoms with E-state index in [1.165, 1.54) is 15.0 Å². The first-order valence-electron chi connectivity index (χ1n) is 8.28. The minimum absolute atomic E-state index is 0.473. The lowest BCUT2D eigenvalue weighted by atomic mass is 10.0. The SMILES string of the molecule is Cc1nn(Cc2cc3ccccc3s2)c(C)c1-c1ccc(C#N)c(Cl)c1. The summed E-state index contributed by atoms with van der Waals surface area (Å²) in [6.45, 7) is 4.83. The van der Waals surface area contributed by atoms with Crippen molar-refractivity contribution in [1.82, 2.24) is 9.78 Å². The Kier molecular flexibility index (Phi) is 4.28. The van der Waals surface area contributed by atoms with Crippen LogP contribution in [0.25, 0.3) is 21.2 Å². The number of thiophene rings is 1. The Balaban J connectivity index is 1.72. The first-order chi connectivity index (χ1) is 12.6. The molecule has 2 aromatic heterocycles. The Morgan fingerprint density at radius 3 is 2.69 bits per heavy atom. The Morgan fingerprint density at radius 2 is 1.96 bits per heavy atom. The maximum Gasteiger partial charge on any atom is 0.101 e. The molecule has 0 spiro atoms. The van der Waals surface area contributed by atoms with Crippen LogP contribution in [0.1, 0.15) is 21.8 Å². The third-order valence-electron chi connectivity index (χ3n) is 4.54. The molecule has 0 saturated heterocycles. The molecule has 0 unspecified atom stereocenters. The highest BCUT2D eigenvalue weighted by atomic mass is 35.5. The molecule has 128 valence electrons. The van der Waals surface area contributed by atoms with Crippen LogP contribution in [-0.2, 0) is 6.54 Å². The summed E-state index contributed by atoms with van der Waals surface area (Å²) in [4.78, 5) is 1.28. The van der Waals surface area contributed by atoms with Gasteiger partial charge in [-0.1, -0.05) is 35.9 Å². The Morgan fingerprint density at radius 1 is 1.15 bits per heavy atom. The van der Waals surface area contributed by atoms with Crippen molar-refractivity contribution in [2.24, 2.45) is 0 Å². The van der Waals surface area contributed by atoms with Crippen molar-refractivity contribution in [3.8, 4) is 17.2 Å². The van der Waals surface area contributed by atoms with E-state index < -0.39 is 0 Å². The van der Waals surface area contributed by atoms with E-state index in [0.717, 1.165) is 29.1 Å². The summed E-state index contributed by atoms with van der Waals surface area (Å²) in [6, 6.07) is 18.3. The molecule has 2 aromatic carbocycles. The number of nitriles is 1. The van der Waals surface area contributed by atoms with E-state index in [0.29, 0.717) is 10.6 Å². The summed E-state index contributed by atoms with van der Waals surface area (Å²) in [7, 11) is 0. The lowest BCUT2D eigenvalue weighted by Crippen LogP contribution is -2.02. The van der Waals surface area contributed by atoms with Gasteiger partial charge in [-0.05, 0) is 49.1 Å². The van der Waals surface area contributed by atoms with E-state index in [-0.39, 0.29) is 0 Å². The molecule has 0 atom stereocenters. The summed E-state index contributed by atoms with van der Waals surface area (Å²) in [5.41, 5.74) is 4.62. The van der Waals surface area contributed by atoms with Crippen molar-refractivity contribution >= 4 is 33.0 Å². The standard InChI is InChI=1S/C21H16ClN3S/c1-13-21(16-7-8-17(11-23)19(22)10-16)14(2)25(24-13)12-18-9-15-5-3-4-6-20(15)26-18/h3-10H,12H2,1-2H3. The number of nitrogens with zero attached hydrogens (tertiary/aromatic N) is 3. The molecule has 4 rings (SSSR count). The van der Waals surface area contributed by atoms with Crippen LogP contribution in [0.3, 0.4) is 0 Å². The lowest BCUT2D eigenvalue weighted by molar-refractivity contribution is 0.666. The minimum atomic E-state index is 0.473. The second kappa shape index (κ2) is 6.60. The van der Waals surface area contributed by atoms with Gasteiger partial charge in [0.1, 0.15) is 6.07 Å². The van der Waals surface area contributed by atoms with Crippen molar-refractivity contribution in [3.63, 3.8) is 0 Å². The van der Waals surface area contributed by atoms with Crippen molar-refractivity contribution in [2.45, 2.75) is 20.4 Å². The zero-order chi connectivity index (χ0) is 18.3. The van der Waals surface area contributed by atoms with Crippen LogP contribution < -0.4 is 0 Å². The minimum Gasteiger partial charge on any atom is -0.264 e. The molecule has 3 nitrogen and oxygen atoms in total. The molecule has 0 aliphatic rings. The first kappa shape index (κ1) is 16.8. The molecule has 0 amide bonds. The van der Waals surface area contributed by atoms with Gasteiger partial charge in [0.2, 0.25) is 0 Å². The third kappa shape index (κ3) is 2.90. The predicted molar refractivity (Wildman–Crippen MR) is 108 cm³/mol. The van der Waals surface area contributed by atoms with E-state index in [4.69, 9.17) is 22.0 Å². The Hall–Kier alpha value is -2.61. The lowest BCUT2D eigenvalue weighted by Gasteiger charge is -2.06. The van der Waals surface area contributed by atoms with Gasteiger partial charge < -0.3 is 0 Å². The topological polar surface area (TPSA) is 41.6 Å². The third-order valence-corrected chi connectivity index (χ3v) is 5.96. The largest absolute Gasteiger partial charge is 0.264 e. The normalized spacial score (nSPS) is 11.0. The second-order valence-corrected chi connectivity index (χ2v) is 7.84. The Bertz CT molecular complexity index is 1130. The van der Waals surface area contributed by atoms with E-state index in [1.54, 1.807) is 17.4 Å². The van der Waals surface area contributed by atoms with Gasteiger partial charge in [-0.15, -0.1) is 11.3 Å². The number of rotatable bonds is 3. The highest BCUT2D eigenvalue weighted by Gasteiger charge is 2.15. The van der Waals surface area contributed by atoms with Crippen LogP contribution in [-0.4, -0.2) is 9.78 Å². The zero-order valence-corrected chi connectivity index (χ0v) is 16.0. The average Bonchev–Trinajstić information content (AvgIpc) is 3.15. The van der Waals surface area contributed by atoms with Crippen LogP contribution in [0.4, 0.5) is 0 Å². The van der Waals surface area contributed by atoms with Crippen LogP contribution in [0.2, 0.25) is 5.02 Å². The number of benzene rings is 2. The van der Waals surface area contributed by atoms with Gasteiger partial charge in [0.15, 0.2) is 0 Å². The molecule has 0 N–H and O–H groups in total. The molecule has 5 heteroatoms. The second-order valence-electron chi connectivity index (χ2n) is 6.26. The molecule has 4 aromatic rings. The van der Waals surface area contributed by atoms with Gasteiger partial charge >= 0.3 is 0 Å². The predicted octanol–water partition coefficient (Wildman–Crippen LogP) is 5.96. The van der Waals surface area contributed by atoms with Crippen LogP contribution in [0.15, 0.2) is 48.5 Å². The molecule has 0 bridgehead atoms.